The summed E-state index contributed by atoms with van der Waals surface area (Å²) in [5.41, 5.74) is 6.36. The largest absolute Gasteiger partial charge is 0.489 e. The molecule has 4 nitrogen and oxygen atoms in total. The molecule has 0 amide bonds. The molecule has 1 aromatic carbocycles. The molecule has 0 saturated carbocycles. The van der Waals surface area contributed by atoms with Crippen LogP contribution in [0, 0.1) is 5.82 Å². The molecule has 0 aliphatic heterocycles. The van der Waals surface area contributed by atoms with Gasteiger partial charge in [0.2, 0.25) is 0 Å². The second-order valence-corrected chi connectivity index (χ2v) is 3.89. The van der Waals surface area contributed by atoms with Crippen LogP contribution < -0.4 is 10.5 Å². The molecule has 2 rings (SSSR count). The van der Waals surface area contributed by atoms with Crippen LogP contribution in [-0.2, 0) is 0 Å². The summed E-state index contributed by atoms with van der Waals surface area (Å²) >= 11 is 0. The van der Waals surface area contributed by atoms with Crippen molar-refractivity contribution in [1.82, 2.24) is 9.78 Å². The Balaban J connectivity index is 2.10. The lowest BCUT2D eigenvalue weighted by Crippen LogP contribution is -2.23. The Bertz CT molecular complexity index is 479. The first kappa shape index (κ1) is 11.6. The van der Waals surface area contributed by atoms with Crippen LogP contribution in [0.4, 0.5) is 4.39 Å². The molecule has 1 unspecified atom stereocenters. The molecule has 2 N–H and O–H groups in total. The molecule has 1 atom stereocenters. The number of hydrogen-bond acceptors (Lipinski definition) is 3. The minimum absolute atomic E-state index is 0.0239. The number of nitrogens with two attached hydrogens (primary N) is 1. The highest BCUT2D eigenvalue weighted by Gasteiger charge is 2.03. The maximum atomic E-state index is 12.7. The van der Waals surface area contributed by atoms with E-state index in [0.29, 0.717) is 12.4 Å². The zero-order valence-electron chi connectivity index (χ0n) is 9.51. The molecule has 5 heteroatoms. The zero-order valence-corrected chi connectivity index (χ0v) is 9.51. The first-order valence-corrected chi connectivity index (χ1v) is 5.34. The molecule has 0 saturated heterocycles. The summed E-state index contributed by atoms with van der Waals surface area (Å²) in [5, 5.41) is 4.12. The predicted molar refractivity (Wildman–Crippen MR) is 62.7 cm³/mol. The quantitative estimate of drug-likeness (QED) is 0.878. The van der Waals surface area contributed by atoms with Gasteiger partial charge in [0, 0.05) is 6.04 Å². The Morgan fingerprint density at radius 1 is 1.41 bits per heavy atom. The van der Waals surface area contributed by atoms with E-state index in [4.69, 9.17) is 10.5 Å². The van der Waals surface area contributed by atoms with Gasteiger partial charge in [-0.3, -0.25) is 0 Å². The molecule has 0 aliphatic carbocycles. The van der Waals surface area contributed by atoms with E-state index in [2.05, 4.69) is 5.10 Å². The van der Waals surface area contributed by atoms with Gasteiger partial charge in [-0.25, -0.2) is 9.07 Å². The smallest absolute Gasteiger partial charge is 0.157 e. The predicted octanol–water partition coefficient (Wildman–Crippen LogP) is 1.74. The second kappa shape index (κ2) is 4.97. The molecule has 0 spiro atoms. The standard InChI is InChI=1S/C12H14FN3O/c1-9(14)8-17-12-6-15-16(7-12)11-4-2-10(13)3-5-11/h2-7,9H,8,14H2,1H3. The van der Waals surface area contributed by atoms with E-state index in [0.717, 1.165) is 5.69 Å². The number of ether oxygens (including phenoxy) is 1. The summed E-state index contributed by atoms with van der Waals surface area (Å²) in [7, 11) is 0. The van der Waals surface area contributed by atoms with Gasteiger partial charge in [0.05, 0.1) is 18.1 Å². The molecule has 90 valence electrons. The van der Waals surface area contributed by atoms with E-state index in [1.807, 2.05) is 6.92 Å². The SMILES string of the molecule is CC(N)COc1cnn(-c2ccc(F)cc2)c1. The fraction of sp³-hybridized carbons (Fsp3) is 0.250. The summed E-state index contributed by atoms with van der Waals surface area (Å²) in [4.78, 5) is 0. The van der Waals surface area contributed by atoms with Gasteiger partial charge < -0.3 is 10.5 Å². The van der Waals surface area contributed by atoms with Crippen LogP contribution in [-0.4, -0.2) is 22.4 Å². The lowest BCUT2D eigenvalue weighted by Gasteiger charge is -2.05. The second-order valence-electron chi connectivity index (χ2n) is 3.89. The van der Waals surface area contributed by atoms with Crippen LogP contribution in [0.5, 0.6) is 5.75 Å². The Labute approximate surface area is 98.8 Å². The van der Waals surface area contributed by atoms with Crippen molar-refractivity contribution in [3.05, 3.63) is 42.5 Å². The van der Waals surface area contributed by atoms with Gasteiger partial charge in [-0.2, -0.15) is 5.10 Å². The van der Waals surface area contributed by atoms with Gasteiger partial charge in [0.25, 0.3) is 0 Å². The Kier molecular flexibility index (Phi) is 3.39. The van der Waals surface area contributed by atoms with Crippen molar-refractivity contribution in [1.29, 1.82) is 0 Å². The van der Waals surface area contributed by atoms with Crippen LogP contribution in [0.15, 0.2) is 36.7 Å². The normalized spacial score (nSPS) is 12.4. The number of rotatable bonds is 4. The highest BCUT2D eigenvalue weighted by molar-refractivity contribution is 5.32. The van der Waals surface area contributed by atoms with Gasteiger partial charge in [-0.15, -0.1) is 0 Å². The lowest BCUT2D eigenvalue weighted by molar-refractivity contribution is 0.296. The van der Waals surface area contributed by atoms with Crippen molar-refractivity contribution in [3.8, 4) is 11.4 Å². The minimum atomic E-state index is -0.269. The average molecular weight is 235 g/mol. The van der Waals surface area contributed by atoms with Gasteiger partial charge in [-0.05, 0) is 31.2 Å². The summed E-state index contributed by atoms with van der Waals surface area (Å²) < 4.78 is 19.8. The Morgan fingerprint density at radius 2 is 2.12 bits per heavy atom. The number of nitrogens with zero attached hydrogens (tertiary/aromatic N) is 2. The third-order valence-electron chi connectivity index (χ3n) is 2.16. The van der Waals surface area contributed by atoms with Gasteiger partial charge in [0.1, 0.15) is 12.4 Å². The average Bonchev–Trinajstić information content (AvgIpc) is 2.76. The highest BCUT2D eigenvalue weighted by atomic mass is 19.1. The van der Waals surface area contributed by atoms with E-state index < -0.39 is 0 Å². The van der Waals surface area contributed by atoms with Crippen molar-refractivity contribution in [2.24, 2.45) is 5.73 Å². The van der Waals surface area contributed by atoms with Gasteiger partial charge in [-0.1, -0.05) is 0 Å². The molecular formula is C12H14FN3O. The van der Waals surface area contributed by atoms with Crippen molar-refractivity contribution in [2.75, 3.05) is 6.61 Å². The summed E-state index contributed by atoms with van der Waals surface area (Å²) in [6.07, 6.45) is 3.33. The van der Waals surface area contributed by atoms with Gasteiger partial charge in [0.15, 0.2) is 5.75 Å². The summed E-state index contributed by atoms with van der Waals surface area (Å²) in [6.45, 7) is 2.31. The van der Waals surface area contributed by atoms with Crippen LogP contribution in [0.25, 0.3) is 5.69 Å². The number of halogens is 1. The zero-order chi connectivity index (χ0) is 12.3. The molecule has 0 aliphatic rings. The lowest BCUT2D eigenvalue weighted by atomic mass is 10.3. The van der Waals surface area contributed by atoms with Crippen molar-refractivity contribution < 1.29 is 9.13 Å². The third kappa shape index (κ3) is 3.04. The van der Waals surface area contributed by atoms with Gasteiger partial charge >= 0.3 is 0 Å². The van der Waals surface area contributed by atoms with Crippen LogP contribution in [0.3, 0.4) is 0 Å². The van der Waals surface area contributed by atoms with Crippen molar-refractivity contribution >= 4 is 0 Å². The molecular weight excluding hydrogens is 221 g/mol. The van der Waals surface area contributed by atoms with Crippen LogP contribution in [0.2, 0.25) is 0 Å². The molecule has 1 heterocycles. The third-order valence-corrected chi connectivity index (χ3v) is 2.16. The van der Waals surface area contributed by atoms with E-state index >= 15 is 0 Å². The monoisotopic (exact) mass is 235 g/mol. The van der Waals surface area contributed by atoms with E-state index in [-0.39, 0.29) is 11.9 Å². The van der Waals surface area contributed by atoms with Crippen LogP contribution in [0.1, 0.15) is 6.92 Å². The first-order valence-electron chi connectivity index (χ1n) is 5.34. The topological polar surface area (TPSA) is 53.1 Å². The van der Waals surface area contributed by atoms with E-state index in [1.165, 1.54) is 12.1 Å². The number of hydrogen-bond donors (Lipinski definition) is 1. The molecule has 2 aromatic rings. The molecule has 0 bridgehead atoms. The van der Waals surface area contributed by atoms with E-state index in [9.17, 15) is 4.39 Å². The Morgan fingerprint density at radius 3 is 2.76 bits per heavy atom. The Hall–Kier alpha value is -1.88. The molecule has 0 fully saturated rings. The van der Waals surface area contributed by atoms with Crippen LogP contribution >= 0.6 is 0 Å². The fourth-order valence-corrected chi connectivity index (χ4v) is 1.34. The van der Waals surface area contributed by atoms with Crippen molar-refractivity contribution in [3.63, 3.8) is 0 Å². The maximum absolute atomic E-state index is 12.7. The first-order chi connectivity index (χ1) is 8.15. The fourth-order valence-electron chi connectivity index (χ4n) is 1.34. The summed E-state index contributed by atoms with van der Waals surface area (Å²) in [6, 6.07) is 6.05. The minimum Gasteiger partial charge on any atom is -0.489 e. The van der Waals surface area contributed by atoms with Crippen molar-refractivity contribution in [2.45, 2.75) is 13.0 Å². The number of aromatic nitrogens is 2. The highest BCUT2D eigenvalue weighted by Crippen LogP contribution is 2.14. The number of benzene rings is 1. The molecule has 17 heavy (non-hydrogen) atoms. The molecule has 1 aromatic heterocycles. The summed E-state index contributed by atoms with van der Waals surface area (Å²) in [5.74, 6) is 0.376. The maximum Gasteiger partial charge on any atom is 0.157 e. The van der Waals surface area contributed by atoms with E-state index in [1.54, 1.807) is 29.2 Å². The molecule has 0 radical (unpaired) electrons.